The number of carbonyl (C=O) groups is 1. The molecule has 128 valence electrons. The Bertz CT molecular complexity index is 838. The molecular formula is C17H16ClN5OS. The van der Waals surface area contributed by atoms with Crippen LogP contribution in [0.25, 0.3) is 5.69 Å². The molecule has 1 heterocycles. The van der Waals surface area contributed by atoms with E-state index in [2.05, 4.69) is 15.5 Å². The molecular weight excluding hydrogens is 358 g/mol. The van der Waals surface area contributed by atoms with Gasteiger partial charge in [-0.1, -0.05) is 53.7 Å². The zero-order chi connectivity index (χ0) is 17.6. The van der Waals surface area contributed by atoms with Gasteiger partial charge in [-0.3, -0.25) is 4.79 Å². The number of aromatic nitrogens is 4. The van der Waals surface area contributed by atoms with E-state index < -0.39 is 0 Å². The zero-order valence-electron chi connectivity index (χ0n) is 13.5. The monoisotopic (exact) mass is 373 g/mol. The summed E-state index contributed by atoms with van der Waals surface area (Å²) in [5, 5.41) is 12.9. The van der Waals surface area contributed by atoms with Crippen LogP contribution in [0.2, 0.25) is 5.02 Å². The van der Waals surface area contributed by atoms with Crippen LogP contribution in [0.5, 0.6) is 0 Å². The van der Waals surface area contributed by atoms with Crippen molar-refractivity contribution in [1.29, 1.82) is 0 Å². The molecule has 0 bridgehead atoms. The number of carbonyl (C=O) groups excluding carboxylic acids is 1. The van der Waals surface area contributed by atoms with Crippen LogP contribution in [0.1, 0.15) is 5.56 Å². The van der Waals surface area contributed by atoms with E-state index in [0.717, 1.165) is 11.3 Å². The van der Waals surface area contributed by atoms with Crippen molar-refractivity contribution in [2.24, 2.45) is 0 Å². The molecule has 25 heavy (non-hydrogen) atoms. The molecule has 0 aliphatic heterocycles. The van der Waals surface area contributed by atoms with Crippen LogP contribution in [-0.4, -0.2) is 43.8 Å². The molecule has 0 aliphatic carbocycles. The average molecular weight is 374 g/mol. The van der Waals surface area contributed by atoms with Gasteiger partial charge in [-0.05, 0) is 40.3 Å². The van der Waals surface area contributed by atoms with Gasteiger partial charge in [0.1, 0.15) is 0 Å². The summed E-state index contributed by atoms with van der Waals surface area (Å²) >= 11 is 7.19. The first-order chi connectivity index (χ1) is 12.1. The van der Waals surface area contributed by atoms with Gasteiger partial charge < -0.3 is 4.90 Å². The Hall–Kier alpha value is -2.38. The Morgan fingerprint density at radius 1 is 1.16 bits per heavy atom. The second-order valence-electron chi connectivity index (χ2n) is 5.37. The van der Waals surface area contributed by atoms with Crippen LogP contribution in [-0.2, 0) is 11.3 Å². The van der Waals surface area contributed by atoms with Crippen molar-refractivity contribution in [1.82, 2.24) is 25.1 Å². The van der Waals surface area contributed by atoms with Crippen molar-refractivity contribution in [3.63, 3.8) is 0 Å². The van der Waals surface area contributed by atoms with Crippen LogP contribution in [0, 0.1) is 0 Å². The van der Waals surface area contributed by atoms with Gasteiger partial charge in [-0.2, -0.15) is 4.68 Å². The van der Waals surface area contributed by atoms with Crippen molar-refractivity contribution >= 4 is 29.3 Å². The van der Waals surface area contributed by atoms with Crippen LogP contribution < -0.4 is 0 Å². The van der Waals surface area contributed by atoms with E-state index in [4.69, 9.17) is 11.6 Å². The van der Waals surface area contributed by atoms with Crippen LogP contribution in [0.4, 0.5) is 0 Å². The predicted molar refractivity (Wildman–Crippen MR) is 97.8 cm³/mol. The number of hydrogen-bond donors (Lipinski definition) is 0. The second kappa shape index (κ2) is 8.13. The summed E-state index contributed by atoms with van der Waals surface area (Å²) in [4.78, 5) is 14.0. The van der Waals surface area contributed by atoms with Crippen molar-refractivity contribution in [3.05, 3.63) is 65.2 Å². The average Bonchev–Trinajstić information content (AvgIpc) is 3.11. The third kappa shape index (κ3) is 4.58. The van der Waals surface area contributed by atoms with Gasteiger partial charge in [0, 0.05) is 18.6 Å². The highest BCUT2D eigenvalue weighted by molar-refractivity contribution is 7.99. The number of benzene rings is 2. The third-order valence-electron chi connectivity index (χ3n) is 3.53. The maximum absolute atomic E-state index is 12.4. The SMILES string of the molecule is CN(Cc1ccc(Cl)cc1)C(=O)CSc1nnnn1-c1ccccc1. The first-order valence-electron chi connectivity index (χ1n) is 7.58. The molecule has 6 nitrogen and oxygen atoms in total. The summed E-state index contributed by atoms with van der Waals surface area (Å²) < 4.78 is 1.62. The first kappa shape index (κ1) is 17.4. The molecule has 0 N–H and O–H groups in total. The van der Waals surface area contributed by atoms with Gasteiger partial charge in [-0.15, -0.1) is 5.10 Å². The lowest BCUT2D eigenvalue weighted by Gasteiger charge is -2.17. The van der Waals surface area contributed by atoms with Gasteiger partial charge in [0.15, 0.2) is 0 Å². The molecule has 2 aromatic carbocycles. The minimum Gasteiger partial charge on any atom is -0.341 e. The highest BCUT2D eigenvalue weighted by Crippen LogP contribution is 2.19. The summed E-state index contributed by atoms with van der Waals surface area (Å²) in [6, 6.07) is 17.0. The van der Waals surface area contributed by atoms with Crippen molar-refractivity contribution < 1.29 is 4.79 Å². The molecule has 0 saturated carbocycles. The Balaban J connectivity index is 1.59. The Labute approximate surface area is 154 Å². The van der Waals surface area contributed by atoms with E-state index in [1.54, 1.807) is 16.6 Å². The van der Waals surface area contributed by atoms with Gasteiger partial charge in [0.25, 0.3) is 0 Å². The number of hydrogen-bond acceptors (Lipinski definition) is 5. The van der Waals surface area contributed by atoms with E-state index >= 15 is 0 Å². The summed E-state index contributed by atoms with van der Waals surface area (Å²) in [5.41, 5.74) is 1.89. The lowest BCUT2D eigenvalue weighted by atomic mass is 10.2. The van der Waals surface area contributed by atoms with Gasteiger partial charge in [0.2, 0.25) is 11.1 Å². The van der Waals surface area contributed by atoms with Crippen molar-refractivity contribution in [2.45, 2.75) is 11.7 Å². The normalized spacial score (nSPS) is 10.6. The fourth-order valence-corrected chi connectivity index (χ4v) is 3.15. The molecule has 3 aromatic rings. The summed E-state index contributed by atoms with van der Waals surface area (Å²) in [6.07, 6.45) is 0. The number of rotatable bonds is 6. The third-order valence-corrected chi connectivity index (χ3v) is 4.68. The molecule has 1 amide bonds. The van der Waals surface area contributed by atoms with E-state index in [1.165, 1.54) is 11.8 Å². The molecule has 0 radical (unpaired) electrons. The molecule has 0 atom stereocenters. The second-order valence-corrected chi connectivity index (χ2v) is 6.75. The highest BCUT2D eigenvalue weighted by Gasteiger charge is 2.14. The Morgan fingerprint density at radius 2 is 1.88 bits per heavy atom. The van der Waals surface area contributed by atoms with Gasteiger partial charge in [0.05, 0.1) is 11.4 Å². The quantitative estimate of drug-likeness (QED) is 0.621. The lowest BCUT2D eigenvalue weighted by molar-refractivity contribution is -0.127. The molecule has 0 aliphatic rings. The minimum absolute atomic E-state index is 0.00237. The summed E-state index contributed by atoms with van der Waals surface area (Å²) in [6.45, 7) is 0.528. The van der Waals surface area contributed by atoms with Gasteiger partial charge >= 0.3 is 0 Å². The standard InChI is InChI=1S/C17H16ClN5OS/c1-22(11-13-7-9-14(18)10-8-13)16(24)12-25-17-19-20-21-23(17)15-5-3-2-4-6-15/h2-10H,11-12H2,1H3. The van der Waals surface area contributed by atoms with Crippen LogP contribution >= 0.6 is 23.4 Å². The van der Waals surface area contributed by atoms with Crippen molar-refractivity contribution in [3.8, 4) is 5.69 Å². The topological polar surface area (TPSA) is 63.9 Å². The van der Waals surface area contributed by atoms with Gasteiger partial charge in [-0.25, -0.2) is 0 Å². The number of thioether (sulfide) groups is 1. The highest BCUT2D eigenvalue weighted by atomic mass is 35.5. The van der Waals surface area contributed by atoms with Crippen LogP contribution in [0.15, 0.2) is 59.8 Å². The van der Waals surface area contributed by atoms with E-state index in [1.807, 2.05) is 54.6 Å². The van der Waals surface area contributed by atoms with E-state index in [-0.39, 0.29) is 11.7 Å². The van der Waals surface area contributed by atoms with Crippen LogP contribution in [0.3, 0.4) is 0 Å². The number of tetrazole rings is 1. The molecule has 8 heteroatoms. The molecule has 0 spiro atoms. The van der Waals surface area contributed by atoms with E-state index in [0.29, 0.717) is 16.7 Å². The first-order valence-corrected chi connectivity index (χ1v) is 8.95. The number of halogens is 1. The molecule has 0 fully saturated rings. The smallest absolute Gasteiger partial charge is 0.233 e. The Morgan fingerprint density at radius 3 is 2.60 bits per heavy atom. The summed E-state index contributed by atoms with van der Waals surface area (Å²) in [7, 11) is 1.78. The Kier molecular flexibility index (Phi) is 5.67. The fourth-order valence-electron chi connectivity index (χ4n) is 2.19. The molecule has 0 unspecified atom stereocenters. The molecule has 1 aromatic heterocycles. The maximum Gasteiger partial charge on any atom is 0.233 e. The number of nitrogens with zero attached hydrogens (tertiary/aromatic N) is 5. The lowest BCUT2D eigenvalue weighted by Crippen LogP contribution is -2.27. The number of para-hydroxylation sites is 1. The maximum atomic E-state index is 12.4. The fraction of sp³-hybridized carbons (Fsp3) is 0.176. The van der Waals surface area contributed by atoms with Crippen molar-refractivity contribution in [2.75, 3.05) is 12.8 Å². The van der Waals surface area contributed by atoms with E-state index in [9.17, 15) is 4.79 Å². The zero-order valence-corrected chi connectivity index (χ0v) is 15.1. The minimum atomic E-state index is 0.00237. The molecule has 3 rings (SSSR count). The predicted octanol–water partition coefficient (Wildman–Crippen LogP) is 3.07. The summed E-state index contributed by atoms with van der Waals surface area (Å²) in [5.74, 6) is 0.264. The number of amides is 1. The molecule has 0 saturated heterocycles. The largest absolute Gasteiger partial charge is 0.341 e.